The Morgan fingerprint density at radius 2 is 2.24 bits per heavy atom. The summed E-state index contributed by atoms with van der Waals surface area (Å²) in [5.74, 6) is -0.262. The second-order valence-corrected chi connectivity index (χ2v) is 5.14. The van der Waals surface area contributed by atoms with Crippen molar-refractivity contribution in [3.05, 3.63) is 35.2 Å². The van der Waals surface area contributed by atoms with Gasteiger partial charge in [0.1, 0.15) is 0 Å². The summed E-state index contributed by atoms with van der Waals surface area (Å²) in [6.07, 6.45) is 2.05. The summed E-state index contributed by atoms with van der Waals surface area (Å²) in [5.41, 5.74) is 0.602. The third-order valence-corrected chi connectivity index (χ3v) is 3.57. The number of ether oxygens (including phenoxy) is 1. The molecule has 2 heterocycles. The van der Waals surface area contributed by atoms with E-state index in [9.17, 15) is 4.79 Å². The summed E-state index contributed by atoms with van der Waals surface area (Å²) >= 11 is 6.05. The molecule has 7 heteroatoms. The first-order valence-electron chi connectivity index (χ1n) is 6.72. The van der Waals surface area contributed by atoms with Gasteiger partial charge in [-0.2, -0.15) is 0 Å². The molecule has 0 bridgehead atoms. The quantitative estimate of drug-likeness (QED) is 0.938. The van der Waals surface area contributed by atoms with Gasteiger partial charge in [-0.25, -0.2) is 0 Å². The van der Waals surface area contributed by atoms with Gasteiger partial charge < -0.3 is 14.5 Å². The van der Waals surface area contributed by atoms with Gasteiger partial charge in [0, 0.05) is 13.2 Å². The summed E-state index contributed by atoms with van der Waals surface area (Å²) in [4.78, 5) is 11.9. The maximum Gasteiger partial charge on any atom is 0.308 e. The van der Waals surface area contributed by atoms with Gasteiger partial charge in [0.15, 0.2) is 0 Å². The molecule has 0 spiro atoms. The average molecular weight is 308 g/mol. The minimum Gasteiger partial charge on any atom is -0.412 e. The van der Waals surface area contributed by atoms with Crippen LogP contribution in [0.25, 0.3) is 11.5 Å². The Labute approximate surface area is 126 Å². The Morgan fingerprint density at radius 1 is 1.38 bits per heavy atom. The van der Waals surface area contributed by atoms with Crippen molar-refractivity contribution in [3.8, 4) is 11.5 Å². The molecule has 0 aliphatic carbocycles. The zero-order valence-corrected chi connectivity index (χ0v) is 12.0. The normalized spacial score (nSPS) is 17.9. The Kier molecular flexibility index (Phi) is 4.17. The third-order valence-electron chi connectivity index (χ3n) is 3.24. The molecule has 1 fully saturated rings. The zero-order chi connectivity index (χ0) is 14.7. The minimum atomic E-state index is -0.406. The van der Waals surface area contributed by atoms with Crippen molar-refractivity contribution in [2.75, 3.05) is 13.2 Å². The number of carbonyl (C=O) groups is 1. The first kappa shape index (κ1) is 14.0. The fraction of sp³-hybridized carbons (Fsp3) is 0.357. The number of hydrogen-bond donors (Lipinski definition) is 1. The van der Waals surface area contributed by atoms with E-state index in [1.165, 1.54) is 0 Å². The molecule has 0 saturated carbocycles. The molecular weight excluding hydrogens is 294 g/mol. The predicted molar refractivity (Wildman–Crippen MR) is 76.1 cm³/mol. The lowest BCUT2D eigenvalue weighted by Gasteiger charge is -2.08. The van der Waals surface area contributed by atoms with Crippen LogP contribution in [0.4, 0.5) is 0 Å². The highest BCUT2D eigenvalue weighted by Crippen LogP contribution is 2.26. The van der Waals surface area contributed by atoms with Gasteiger partial charge >= 0.3 is 11.8 Å². The first-order chi connectivity index (χ1) is 10.2. The van der Waals surface area contributed by atoms with Gasteiger partial charge in [-0.3, -0.25) is 4.79 Å². The average Bonchev–Trinajstić information content (AvgIpc) is 3.17. The minimum absolute atomic E-state index is 0.0694. The molecule has 1 atom stereocenters. The number of nitrogens with one attached hydrogen (secondary N) is 1. The van der Waals surface area contributed by atoms with Crippen molar-refractivity contribution < 1.29 is 13.9 Å². The molecule has 6 nitrogen and oxygen atoms in total. The number of hydrogen-bond acceptors (Lipinski definition) is 5. The molecule has 1 aliphatic rings. The van der Waals surface area contributed by atoms with Crippen molar-refractivity contribution in [2.45, 2.75) is 18.9 Å². The predicted octanol–water partition coefficient (Wildman–Crippen LogP) is 2.30. The van der Waals surface area contributed by atoms with Crippen LogP contribution in [0, 0.1) is 0 Å². The SMILES string of the molecule is O=C(NCC1CCCO1)c1nnc(-c2ccccc2Cl)o1. The summed E-state index contributed by atoms with van der Waals surface area (Å²) in [5, 5.41) is 10.8. The molecule has 1 saturated heterocycles. The zero-order valence-electron chi connectivity index (χ0n) is 11.2. The van der Waals surface area contributed by atoms with Crippen LogP contribution in [0.5, 0.6) is 0 Å². The van der Waals surface area contributed by atoms with Crippen LogP contribution in [0.1, 0.15) is 23.5 Å². The number of rotatable bonds is 4. The fourth-order valence-electron chi connectivity index (χ4n) is 2.15. The Bertz CT molecular complexity index is 638. The molecule has 0 radical (unpaired) electrons. The summed E-state index contributed by atoms with van der Waals surface area (Å²) < 4.78 is 10.8. The number of aromatic nitrogens is 2. The maximum absolute atomic E-state index is 11.9. The molecular formula is C14H14ClN3O3. The summed E-state index contributed by atoms with van der Waals surface area (Å²) in [7, 11) is 0. The van der Waals surface area contributed by atoms with Crippen molar-refractivity contribution in [2.24, 2.45) is 0 Å². The molecule has 2 aromatic rings. The standard InChI is InChI=1S/C14H14ClN3O3/c15-11-6-2-1-5-10(11)13-17-18-14(21-13)12(19)16-8-9-4-3-7-20-9/h1-2,5-6,9H,3-4,7-8H2,(H,16,19). The van der Waals surface area contributed by atoms with Gasteiger partial charge in [-0.05, 0) is 25.0 Å². The van der Waals surface area contributed by atoms with Gasteiger partial charge in [0.25, 0.3) is 0 Å². The van der Waals surface area contributed by atoms with Crippen molar-refractivity contribution in [1.82, 2.24) is 15.5 Å². The van der Waals surface area contributed by atoms with E-state index in [0.29, 0.717) is 17.1 Å². The van der Waals surface area contributed by atoms with E-state index in [-0.39, 0.29) is 17.9 Å². The lowest BCUT2D eigenvalue weighted by Crippen LogP contribution is -2.31. The highest BCUT2D eigenvalue weighted by Gasteiger charge is 2.20. The first-order valence-corrected chi connectivity index (χ1v) is 7.10. The van der Waals surface area contributed by atoms with Crippen LogP contribution < -0.4 is 5.32 Å². The van der Waals surface area contributed by atoms with Gasteiger partial charge in [-0.15, -0.1) is 10.2 Å². The van der Waals surface area contributed by atoms with Crippen LogP contribution in [0.2, 0.25) is 5.02 Å². The second kappa shape index (κ2) is 6.24. The number of carbonyl (C=O) groups excluding carboxylic acids is 1. The number of halogens is 1. The van der Waals surface area contributed by atoms with E-state index in [4.69, 9.17) is 20.8 Å². The number of nitrogens with zero attached hydrogens (tertiary/aromatic N) is 2. The van der Waals surface area contributed by atoms with Crippen molar-refractivity contribution in [1.29, 1.82) is 0 Å². The summed E-state index contributed by atoms with van der Waals surface area (Å²) in [6.45, 7) is 1.19. The monoisotopic (exact) mass is 307 g/mol. The van der Waals surface area contributed by atoms with E-state index in [1.807, 2.05) is 6.07 Å². The van der Waals surface area contributed by atoms with E-state index >= 15 is 0 Å². The molecule has 1 aliphatic heterocycles. The molecule has 110 valence electrons. The summed E-state index contributed by atoms with van der Waals surface area (Å²) in [6, 6.07) is 7.09. The molecule has 1 aromatic carbocycles. The highest BCUT2D eigenvalue weighted by atomic mass is 35.5. The molecule has 3 rings (SSSR count). The van der Waals surface area contributed by atoms with Gasteiger partial charge in [0.05, 0.1) is 16.7 Å². The molecule has 21 heavy (non-hydrogen) atoms. The highest BCUT2D eigenvalue weighted by molar-refractivity contribution is 6.33. The largest absolute Gasteiger partial charge is 0.412 e. The number of benzene rings is 1. The lowest BCUT2D eigenvalue weighted by molar-refractivity contribution is 0.0830. The van der Waals surface area contributed by atoms with E-state index in [0.717, 1.165) is 19.4 Å². The third kappa shape index (κ3) is 3.22. The smallest absolute Gasteiger partial charge is 0.308 e. The molecule has 1 N–H and O–H groups in total. The lowest BCUT2D eigenvalue weighted by atomic mass is 10.2. The van der Waals surface area contributed by atoms with Crippen molar-refractivity contribution in [3.63, 3.8) is 0 Å². The number of amides is 1. The van der Waals surface area contributed by atoms with Crippen LogP contribution in [0.3, 0.4) is 0 Å². The Morgan fingerprint density at radius 3 is 3.00 bits per heavy atom. The van der Waals surface area contributed by atoms with Gasteiger partial charge in [-0.1, -0.05) is 23.7 Å². The maximum atomic E-state index is 11.9. The Hall–Kier alpha value is -1.92. The fourth-order valence-corrected chi connectivity index (χ4v) is 2.36. The van der Waals surface area contributed by atoms with E-state index < -0.39 is 5.91 Å². The van der Waals surface area contributed by atoms with Crippen LogP contribution in [-0.4, -0.2) is 35.4 Å². The molecule has 1 unspecified atom stereocenters. The Balaban J connectivity index is 1.66. The van der Waals surface area contributed by atoms with Gasteiger partial charge in [0.2, 0.25) is 5.89 Å². The van der Waals surface area contributed by atoms with Crippen molar-refractivity contribution >= 4 is 17.5 Å². The van der Waals surface area contributed by atoms with Crippen LogP contribution in [-0.2, 0) is 4.74 Å². The van der Waals surface area contributed by atoms with E-state index in [2.05, 4.69) is 15.5 Å². The topological polar surface area (TPSA) is 77.2 Å². The molecule has 1 aromatic heterocycles. The van der Waals surface area contributed by atoms with E-state index in [1.54, 1.807) is 18.2 Å². The second-order valence-electron chi connectivity index (χ2n) is 4.74. The van der Waals surface area contributed by atoms with Crippen LogP contribution in [0.15, 0.2) is 28.7 Å². The molecule has 1 amide bonds. The van der Waals surface area contributed by atoms with Crippen LogP contribution >= 0.6 is 11.6 Å².